The van der Waals surface area contributed by atoms with Crippen LogP contribution in [0.25, 0.3) is 4.96 Å². The minimum Gasteiger partial charge on any atom is -0.367 e. The van der Waals surface area contributed by atoms with Gasteiger partial charge < -0.3 is 11.1 Å². The largest absolute Gasteiger partial charge is 0.367 e. The summed E-state index contributed by atoms with van der Waals surface area (Å²) in [7, 11) is -4.26. The number of hydrogen-bond acceptors (Lipinski definition) is 9. The number of nitriles is 1. The molecular weight excluding hydrogens is 447 g/mol. The van der Waals surface area contributed by atoms with Crippen LogP contribution in [-0.2, 0) is 10.0 Å². The maximum Gasteiger partial charge on any atom is 0.305 e. The van der Waals surface area contributed by atoms with Crippen LogP contribution in [0.3, 0.4) is 0 Å². The van der Waals surface area contributed by atoms with Gasteiger partial charge in [0.25, 0.3) is 0 Å². The molecule has 0 unspecified atom stereocenters. The summed E-state index contributed by atoms with van der Waals surface area (Å²) in [5.41, 5.74) is 6.50. The number of aromatic nitrogens is 5. The van der Waals surface area contributed by atoms with Crippen molar-refractivity contribution in [3.8, 4) is 6.07 Å². The lowest BCUT2D eigenvalue weighted by Gasteiger charge is -2.04. The molecule has 0 aliphatic carbocycles. The highest BCUT2D eigenvalue weighted by molar-refractivity contribution is 7.90. The van der Waals surface area contributed by atoms with Gasteiger partial charge in [0.05, 0.1) is 10.6 Å². The Morgan fingerprint density at radius 2 is 2.07 bits per heavy atom. The van der Waals surface area contributed by atoms with Gasteiger partial charge in [0.2, 0.25) is 16.9 Å². The van der Waals surface area contributed by atoms with Gasteiger partial charge in [0.1, 0.15) is 6.07 Å². The van der Waals surface area contributed by atoms with Crippen molar-refractivity contribution in [3.63, 3.8) is 0 Å². The first kappa shape index (κ1) is 18.5. The number of hydrogen-bond donors (Lipinski definition) is 2. The van der Waals surface area contributed by atoms with Crippen LogP contribution in [0.5, 0.6) is 0 Å². The molecule has 0 saturated heterocycles. The summed E-state index contributed by atoms with van der Waals surface area (Å²) in [6.45, 7) is 0. The maximum atomic E-state index is 13.0. The van der Waals surface area contributed by atoms with Gasteiger partial charge in [-0.1, -0.05) is 23.2 Å². The molecule has 28 heavy (non-hydrogen) atoms. The van der Waals surface area contributed by atoms with E-state index >= 15 is 0 Å². The van der Waals surface area contributed by atoms with Crippen molar-refractivity contribution in [2.24, 2.45) is 0 Å². The van der Waals surface area contributed by atoms with Gasteiger partial charge in [0, 0.05) is 17.3 Å². The molecule has 4 rings (SSSR count). The molecule has 0 radical (unpaired) electrons. The Balaban J connectivity index is 1.73. The van der Waals surface area contributed by atoms with Gasteiger partial charge >= 0.3 is 10.0 Å². The number of halogens is 2. The van der Waals surface area contributed by atoms with E-state index in [9.17, 15) is 8.42 Å². The number of nitrogens with two attached hydrogens (primary N) is 1. The molecule has 1 aromatic carbocycles. The van der Waals surface area contributed by atoms with Crippen LogP contribution in [-0.4, -0.2) is 32.0 Å². The third-order valence-corrected chi connectivity index (χ3v) is 6.65. The standard InChI is InChI=1S/C14H8Cl2N8O2S2/c15-9-5-8(2-1-7(9)6-17)19-13-21-12(18)24(22-13)28(25,26)11-10(16)20-14-23(11)3-4-27-14/h1-5H,(H3,18,19,21,22). The molecule has 0 spiro atoms. The lowest BCUT2D eigenvalue weighted by Crippen LogP contribution is -2.19. The zero-order valence-electron chi connectivity index (χ0n) is 13.5. The predicted octanol–water partition coefficient (Wildman–Crippen LogP) is 2.73. The molecule has 3 aromatic heterocycles. The summed E-state index contributed by atoms with van der Waals surface area (Å²) in [5, 5.41) is 17.0. The van der Waals surface area contributed by atoms with Crippen LogP contribution >= 0.6 is 34.5 Å². The quantitative estimate of drug-likeness (QED) is 0.478. The Morgan fingerprint density at radius 1 is 1.29 bits per heavy atom. The fraction of sp³-hybridized carbons (Fsp3) is 0. The van der Waals surface area contributed by atoms with Crippen LogP contribution in [0.1, 0.15) is 5.56 Å². The average molecular weight is 455 g/mol. The molecule has 0 bridgehead atoms. The lowest BCUT2D eigenvalue weighted by atomic mass is 10.2. The van der Waals surface area contributed by atoms with Gasteiger partial charge in [-0.2, -0.15) is 18.7 Å². The Labute approximate surface area is 171 Å². The molecule has 0 atom stereocenters. The van der Waals surface area contributed by atoms with Gasteiger partial charge in [-0.25, -0.2) is 4.98 Å². The second-order valence-corrected chi connectivity index (χ2v) is 8.66. The number of thiazole rings is 1. The van der Waals surface area contributed by atoms with E-state index < -0.39 is 10.0 Å². The first-order chi connectivity index (χ1) is 13.3. The second kappa shape index (κ2) is 6.64. The molecule has 14 heteroatoms. The summed E-state index contributed by atoms with van der Waals surface area (Å²) in [5.74, 6) is -0.451. The Kier molecular flexibility index (Phi) is 4.39. The van der Waals surface area contributed by atoms with Crippen molar-refractivity contribution >= 4 is 67.1 Å². The van der Waals surface area contributed by atoms with E-state index in [0.717, 1.165) is 0 Å². The van der Waals surface area contributed by atoms with Gasteiger partial charge in [0.15, 0.2) is 10.1 Å². The van der Waals surface area contributed by atoms with E-state index in [0.29, 0.717) is 20.3 Å². The number of benzene rings is 1. The molecule has 0 aliphatic rings. The van der Waals surface area contributed by atoms with E-state index in [1.54, 1.807) is 11.4 Å². The smallest absolute Gasteiger partial charge is 0.305 e. The van der Waals surface area contributed by atoms with Crippen LogP contribution in [0.15, 0.2) is 34.8 Å². The number of anilines is 3. The fourth-order valence-corrected chi connectivity index (χ4v) is 5.20. The molecule has 4 aromatic rings. The van der Waals surface area contributed by atoms with Crippen molar-refractivity contribution in [2.75, 3.05) is 11.1 Å². The summed E-state index contributed by atoms with van der Waals surface area (Å²) in [6.07, 6.45) is 1.52. The Bertz CT molecular complexity index is 1370. The normalized spacial score (nSPS) is 11.6. The monoisotopic (exact) mass is 454 g/mol. The average Bonchev–Trinajstić information content (AvgIpc) is 3.29. The summed E-state index contributed by atoms with van der Waals surface area (Å²) in [4.78, 5) is 8.33. The predicted molar refractivity (Wildman–Crippen MR) is 105 cm³/mol. The highest BCUT2D eigenvalue weighted by atomic mass is 35.5. The number of nitrogens with one attached hydrogen (secondary N) is 1. The van der Waals surface area contributed by atoms with Crippen molar-refractivity contribution in [2.45, 2.75) is 5.03 Å². The molecule has 10 nitrogen and oxygen atoms in total. The first-order valence-electron chi connectivity index (χ1n) is 7.37. The summed E-state index contributed by atoms with van der Waals surface area (Å²) >= 11 is 13.2. The van der Waals surface area contributed by atoms with Crippen molar-refractivity contribution in [3.05, 3.63) is 45.5 Å². The number of nitrogens with zero attached hydrogens (tertiary/aromatic N) is 6. The second-order valence-electron chi connectivity index (χ2n) is 5.34. The maximum absolute atomic E-state index is 13.0. The van der Waals surface area contributed by atoms with Gasteiger partial charge in [-0.15, -0.1) is 20.5 Å². The summed E-state index contributed by atoms with van der Waals surface area (Å²) in [6, 6.07) is 6.49. The molecule has 3 heterocycles. The van der Waals surface area contributed by atoms with Crippen LogP contribution in [0.4, 0.5) is 17.6 Å². The Hall–Kier alpha value is -2.85. The van der Waals surface area contributed by atoms with E-state index in [1.165, 1.54) is 34.1 Å². The SMILES string of the molecule is N#Cc1ccc(Nc2nc(N)n(S(=O)(=O)c3c(Cl)nc4sccn34)n2)cc1Cl. The molecule has 0 saturated carbocycles. The number of rotatable bonds is 4. The van der Waals surface area contributed by atoms with Crippen molar-refractivity contribution < 1.29 is 8.42 Å². The fourth-order valence-electron chi connectivity index (χ4n) is 2.40. The molecule has 0 amide bonds. The highest BCUT2D eigenvalue weighted by Gasteiger charge is 2.30. The van der Waals surface area contributed by atoms with Crippen molar-refractivity contribution in [1.82, 2.24) is 23.6 Å². The molecule has 0 fully saturated rings. The van der Waals surface area contributed by atoms with Crippen LogP contribution < -0.4 is 11.1 Å². The molecule has 142 valence electrons. The molecule has 3 N–H and O–H groups in total. The van der Waals surface area contributed by atoms with E-state index in [2.05, 4.69) is 20.4 Å². The number of fused-ring (bicyclic) bond motifs is 1. The van der Waals surface area contributed by atoms with Crippen molar-refractivity contribution in [1.29, 1.82) is 5.26 Å². The van der Waals surface area contributed by atoms with E-state index in [4.69, 9.17) is 34.2 Å². The number of nitrogen functional groups attached to an aromatic ring is 1. The molecular formula is C14H8Cl2N8O2S2. The topological polar surface area (TPSA) is 144 Å². The van der Waals surface area contributed by atoms with E-state index in [-0.39, 0.29) is 27.1 Å². The lowest BCUT2D eigenvalue weighted by molar-refractivity contribution is 0.576. The minimum atomic E-state index is -4.26. The third kappa shape index (κ3) is 2.94. The highest BCUT2D eigenvalue weighted by Crippen LogP contribution is 2.28. The Morgan fingerprint density at radius 3 is 2.79 bits per heavy atom. The summed E-state index contributed by atoms with van der Waals surface area (Å²) < 4.78 is 27.9. The first-order valence-corrected chi connectivity index (χ1v) is 10.4. The van der Waals surface area contributed by atoms with Crippen LogP contribution in [0, 0.1) is 11.3 Å². The zero-order valence-corrected chi connectivity index (χ0v) is 16.7. The zero-order chi connectivity index (χ0) is 20.1. The minimum absolute atomic E-state index is 0.0796. The van der Waals surface area contributed by atoms with Gasteiger partial charge in [-0.05, 0) is 18.2 Å². The van der Waals surface area contributed by atoms with E-state index in [1.807, 2.05) is 6.07 Å². The third-order valence-electron chi connectivity index (χ3n) is 3.60. The van der Waals surface area contributed by atoms with Crippen LogP contribution in [0.2, 0.25) is 10.2 Å². The molecule has 0 aliphatic heterocycles. The van der Waals surface area contributed by atoms with Gasteiger partial charge in [-0.3, -0.25) is 4.40 Å². The number of imidazole rings is 1.